The van der Waals surface area contributed by atoms with Crippen LogP contribution in [0.2, 0.25) is 0 Å². The molecular weight excluding hydrogens is 302 g/mol. The molecule has 1 N–H and O–H groups in total. The number of likely N-dealkylation sites (N-methyl/N-ethyl adjacent to an activating group) is 1. The summed E-state index contributed by atoms with van der Waals surface area (Å²) in [5.74, 6) is 0.801. The number of ether oxygens (including phenoxy) is 1. The molecule has 0 radical (unpaired) electrons. The Bertz CT molecular complexity index is 549. The van der Waals surface area contributed by atoms with Crippen molar-refractivity contribution >= 4 is 0 Å². The van der Waals surface area contributed by atoms with Crippen molar-refractivity contribution in [2.75, 3.05) is 46.3 Å². The third kappa shape index (κ3) is 4.28. The maximum absolute atomic E-state index is 9.64. The molecule has 2 aliphatic rings. The number of piperazine rings is 2. The van der Waals surface area contributed by atoms with Crippen molar-refractivity contribution in [2.45, 2.75) is 39.1 Å². The average Bonchev–Trinajstić information content (AvgIpc) is 2.55. The molecule has 0 aliphatic carbocycles. The number of benzene rings is 1. The van der Waals surface area contributed by atoms with Gasteiger partial charge in [0.25, 0.3) is 0 Å². The summed E-state index contributed by atoms with van der Waals surface area (Å²) in [4.78, 5) is 7.61. The van der Waals surface area contributed by atoms with E-state index < -0.39 is 0 Å². The number of rotatable bonds is 5. The molecule has 2 saturated heterocycles. The van der Waals surface area contributed by atoms with Gasteiger partial charge in [0.2, 0.25) is 0 Å². The van der Waals surface area contributed by atoms with Crippen molar-refractivity contribution in [2.24, 2.45) is 0 Å². The lowest BCUT2D eigenvalue weighted by atomic mass is 10.1. The number of fused-ring (bicyclic) bond motifs is 1. The standard InChI is InChI=1S/C19H31N3O2/c1-15(2)24-19-5-4-16(10-17(19)14-23)11-21-7-9-22-8-6-20(3)12-18(22)13-21/h4-5,10,15,18,23H,6-9,11-14H2,1-3H3/t18-/m1/s1. The second kappa shape index (κ2) is 7.83. The second-order valence-electron chi connectivity index (χ2n) is 7.45. The maximum atomic E-state index is 9.64. The molecule has 2 fully saturated rings. The van der Waals surface area contributed by atoms with E-state index in [1.54, 1.807) is 0 Å². The van der Waals surface area contributed by atoms with E-state index in [4.69, 9.17) is 4.74 Å². The fraction of sp³-hybridized carbons (Fsp3) is 0.684. The van der Waals surface area contributed by atoms with Crippen LogP contribution in [0.5, 0.6) is 5.75 Å². The van der Waals surface area contributed by atoms with Gasteiger partial charge in [-0.25, -0.2) is 0 Å². The van der Waals surface area contributed by atoms with Gasteiger partial charge in [-0.05, 0) is 38.6 Å². The number of aliphatic hydroxyl groups excluding tert-OH is 1. The van der Waals surface area contributed by atoms with Gasteiger partial charge >= 0.3 is 0 Å². The van der Waals surface area contributed by atoms with Crippen molar-refractivity contribution in [1.82, 2.24) is 14.7 Å². The van der Waals surface area contributed by atoms with Crippen LogP contribution in [-0.2, 0) is 13.2 Å². The molecule has 0 unspecified atom stereocenters. The lowest BCUT2D eigenvalue weighted by molar-refractivity contribution is 0.0175. The number of hydrogen-bond donors (Lipinski definition) is 1. The van der Waals surface area contributed by atoms with E-state index in [1.807, 2.05) is 19.9 Å². The minimum atomic E-state index is 0.0249. The molecule has 0 amide bonds. The zero-order valence-electron chi connectivity index (χ0n) is 15.2. The zero-order chi connectivity index (χ0) is 17.1. The van der Waals surface area contributed by atoms with Crippen molar-refractivity contribution < 1.29 is 9.84 Å². The van der Waals surface area contributed by atoms with Crippen LogP contribution in [0.15, 0.2) is 18.2 Å². The quantitative estimate of drug-likeness (QED) is 0.882. The molecule has 3 rings (SSSR count). The summed E-state index contributed by atoms with van der Waals surface area (Å²) < 4.78 is 5.78. The summed E-state index contributed by atoms with van der Waals surface area (Å²) in [5.41, 5.74) is 2.14. The summed E-state index contributed by atoms with van der Waals surface area (Å²) in [6.07, 6.45) is 0.123. The van der Waals surface area contributed by atoms with Crippen LogP contribution < -0.4 is 4.74 Å². The Kier molecular flexibility index (Phi) is 5.76. The van der Waals surface area contributed by atoms with Gasteiger partial charge in [0.05, 0.1) is 12.7 Å². The van der Waals surface area contributed by atoms with E-state index in [2.05, 4.69) is 33.9 Å². The highest BCUT2D eigenvalue weighted by Crippen LogP contribution is 2.23. The molecule has 0 saturated carbocycles. The lowest BCUT2D eigenvalue weighted by Gasteiger charge is -2.46. The van der Waals surface area contributed by atoms with Crippen LogP contribution in [0, 0.1) is 0 Å². The Balaban J connectivity index is 1.63. The van der Waals surface area contributed by atoms with Crippen LogP contribution in [-0.4, -0.2) is 78.3 Å². The summed E-state index contributed by atoms with van der Waals surface area (Å²) in [6, 6.07) is 6.89. The maximum Gasteiger partial charge on any atom is 0.125 e. The van der Waals surface area contributed by atoms with Gasteiger partial charge in [-0.15, -0.1) is 0 Å². The smallest absolute Gasteiger partial charge is 0.125 e. The van der Waals surface area contributed by atoms with Crippen LogP contribution in [0.25, 0.3) is 0 Å². The monoisotopic (exact) mass is 333 g/mol. The molecule has 2 heterocycles. The summed E-state index contributed by atoms with van der Waals surface area (Å²) in [6.45, 7) is 12.0. The Morgan fingerprint density at radius 1 is 1.17 bits per heavy atom. The summed E-state index contributed by atoms with van der Waals surface area (Å²) in [7, 11) is 2.22. The van der Waals surface area contributed by atoms with Crippen molar-refractivity contribution in [3.63, 3.8) is 0 Å². The van der Waals surface area contributed by atoms with E-state index in [-0.39, 0.29) is 12.7 Å². The zero-order valence-corrected chi connectivity index (χ0v) is 15.2. The number of nitrogens with zero attached hydrogens (tertiary/aromatic N) is 3. The second-order valence-corrected chi connectivity index (χ2v) is 7.45. The Hall–Kier alpha value is -1.14. The van der Waals surface area contributed by atoms with Crippen molar-refractivity contribution in [1.29, 1.82) is 0 Å². The van der Waals surface area contributed by atoms with Crippen molar-refractivity contribution in [3.8, 4) is 5.75 Å². The highest BCUT2D eigenvalue weighted by molar-refractivity contribution is 5.37. The third-order valence-corrected chi connectivity index (χ3v) is 5.04. The molecule has 1 aromatic carbocycles. The first-order valence-corrected chi connectivity index (χ1v) is 9.09. The van der Waals surface area contributed by atoms with E-state index in [0.717, 1.165) is 30.9 Å². The van der Waals surface area contributed by atoms with Gasteiger partial charge in [0, 0.05) is 57.4 Å². The fourth-order valence-electron chi connectivity index (χ4n) is 3.80. The normalized spacial score (nSPS) is 23.5. The van der Waals surface area contributed by atoms with E-state index in [0.29, 0.717) is 6.04 Å². The van der Waals surface area contributed by atoms with Gasteiger partial charge in [0.15, 0.2) is 0 Å². The Morgan fingerprint density at radius 2 is 1.96 bits per heavy atom. The molecule has 0 bridgehead atoms. The van der Waals surface area contributed by atoms with E-state index in [9.17, 15) is 5.11 Å². The topological polar surface area (TPSA) is 39.2 Å². The molecule has 0 aromatic heterocycles. The van der Waals surface area contributed by atoms with Crippen LogP contribution in [0.4, 0.5) is 0 Å². The van der Waals surface area contributed by atoms with Gasteiger partial charge in [-0.3, -0.25) is 9.80 Å². The summed E-state index contributed by atoms with van der Waals surface area (Å²) in [5, 5.41) is 9.64. The van der Waals surface area contributed by atoms with Gasteiger partial charge in [-0.1, -0.05) is 6.07 Å². The van der Waals surface area contributed by atoms with Gasteiger partial charge in [-0.2, -0.15) is 0 Å². The number of hydrogen-bond acceptors (Lipinski definition) is 5. The molecule has 0 spiro atoms. The molecule has 134 valence electrons. The first kappa shape index (κ1) is 17.7. The van der Waals surface area contributed by atoms with Gasteiger partial charge < -0.3 is 14.7 Å². The first-order valence-electron chi connectivity index (χ1n) is 9.09. The predicted molar refractivity (Wildman–Crippen MR) is 96.3 cm³/mol. The Labute approximate surface area is 145 Å². The molecule has 5 heteroatoms. The lowest BCUT2D eigenvalue weighted by Crippen LogP contribution is -2.61. The molecule has 1 aromatic rings. The number of aliphatic hydroxyl groups is 1. The average molecular weight is 333 g/mol. The molecule has 1 atom stereocenters. The van der Waals surface area contributed by atoms with Crippen LogP contribution in [0.1, 0.15) is 25.0 Å². The molecule has 5 nitrogen and oxygen atoms in total. The summed E-state index contributed by atoms with van der Waals surface area (Å²) >= 11 is 0. The van der Waals surface area contributed by atoms with Crippen molar-refractivity contribution in [3.05, 3.63) is 29.3 Å². The van der Waals surface area contributed by atoms with Gasteiger partial charge in [0.1, 0.15) is 5.75 Å². The largest absolute Gasteiger partial charge is 0.491 e. The highest BCUT2D eigenvalue weighted by atomic mass is 16.5. The molecule has 24 heavy (non-hydrogen) atoms. The van der Waals surface area contributed by atoms with E-state index >= 15 is 0 Å². The minimum Gasteiger partial charge on any atom is -0.491 e. The van der Waals surface area contributed by atoms with Crippen LogP contribution >= 0.6 is 0 Å². The fourth-order valence-corrected chi connectivity index (χ4v) is 3.80. The third-order valence-electron chi connectivity index (χ3n) is 5.04. The molecule has 2 aliphatic heterocycles. The SMILES string of the molecule is CC(C)Oc1ccc(CN2CCN3CCN(C)C[C@@H]3C2)cc1CO. The molecular formula is C19H31N3O2. The van der Waals surface area contributed by atoms with Crippen LogP contribution in [0.3, 0.4) is 0 Å². The predicted octanol–water partition coefficient (Wildman–Crippen LogP) is 1.40. The van der Waals surface area contributed by atoms with E-state index in [1.165, 1.54) is 31.7 Å². The first-order chi connectivity index (χ1) is 11.5. The highest BCUT2D eigenvalue weighted by Gasteiger charge is 2.30. The Morgan fingerprint density at radius 3 is 2.71 bits per heavy atom. The minimum absolute atomic E-state index is 0.0249.